The second-order valence-corrected chi connectivity index (χ2v) is 4.25. The predicted molar refractivity (Wildman–Crippen MR) is 59.6 cm³/mol. The van der Waals surface area contributed by atoms with Gasteiger partial charge in [-0.15, -0.1) is 0 Å². The van der Waals surface area contributed by atoms with E-state index in [4.69, 9.17) is 4.74 Å². The number of methoxy groups -OCH3 is 1. The van der Waals surface area contributed by atoms with E-state index < -0.39 is 0 Å². The third kappa shape index (κ3) is 4.94. The molecule has 0 spiro atoms. The molecular formula is C11H24N2O. The van der Waals surface area contributed by atoms with Crippen LogP contribution in [0.4, 0.5) is 0 Å². The zero-order chi connectivity index (χ0) is 10.2. The highest BCUT2D eigenvalue weighted by atomic mass is 16.5. The van der Waals surface area contributed by atoms with E-state index in [1.165, 1.54) is 19.3 Å². The number of hydrogen-bond donors (Lipinski definition) is 2. The fraction of sp³-hybridized carbons (Fsp3) is 1.00. The average molecular weight is 200 g/mol. The quantitative estimate of drug-likeness (QED) is 0.631. The molecule has 1 aliphatic heterocycles. The van der Waals surface area contributed by atoms with E-state index in [0.29, 0.717) is 12.1 Å². The van der Waals surface area contributed by atoms with Gasteiger partial charge in [-0.3, -0.25) is 0 Å². The van der Waals surface area contributed by atoms with E-state index >= 15 is 0 Å². The van der Waals surface area contributed by atoms with Crippen LogP contribution in [0.2, 0.25) is 0 Å². The largest absolute Gasteiger partial charge is 0.385 e. The second-order valence-electron chi connectivity index (χ2n) is 4.25. The average Bonchev–Trinajstić information content (AvgIpc) is 2.18. The molecule has 1 saturated heterocycles. The highest BCUT2D eigenvalue weighted by Crippen LogP contribution is 2.11. The Morgan fingerprint density at radius 2 is 2.29 bits per heavy atom. The summed E-state index contributed by atoms with van der Waals surface area (Å²) in [5, 5.41) is 7.08. The highest BCUT2D eigenvalue weighted by molar-refractivity contribution is 4.79. The first-order valence-electron chi connectivity index (χ1n) is 5.78. The molecule has 2 unspecified atom stereocenters. The van der Waals surface area contributed by atoms with E-state index in [1.807, 2.05) is 0 Å². The molecule has 84 valence electrons. The Labute approximate surface area is 87.6 Å². The summed E-state index contributed by atoms with van der Waals surface area (Å²) < 4.78 is 5.00. The monoisotopic (exact) mass is 200 g/mol. The van der Waals surface area contributed by atoms with Gasteiger partial charge in [0.05, 0.1) is 0 Å². The summed E-state index contributed by atoms with van der Waals surface area (Å²) in [4.78, 5) is 0. The van der Waals surface area contributed by atoms with Crippen LogP contribution in [0.25, 0.3) is 0 Å². The van der Waals surface area contributed by atoms with E-state index in [9.17, 15) is 0 Å². The molecule has 2 N–H and O–H groups in total. The van der Waals surface area contributed by atoms with Gasteiger partial charge in [-0.2, -0.15) is 0 Å². The van der Waals surface area contributed by atoms with Gasteiger partial charge in [0.2, 0.25) is 0 Å². The lowest BCUT2D eigenvalue weighted by Gasteiger charge is -2.28. The van der Waals surface area contributed by atoms with Gasteiger partial charge in [0.25, 0.3) is 0 Å². The van der Waals surface area contributed by atoms with Crippen molar-refractivity contribution in [3.8, 4) is 0 Å². The van der Waals surface area contributed by atoms with Crippen LogP contribution >= 0.6 is 0 Å². The molecule has 3 nitrogen and oxygen atoms in total. The highest BCUT2D eigenvalue weighted by Gasteiger charge is 2.16. The standard InChI is InChI=1S/C11H24N2O/c1-10-5-3-6-11(13-10)9-12-7-4-8-14-2/h10-13H,3-9H2,1-2H3. The summed E-state index contributed by atoms with van der Waals surface area (Å²) in [7, 11) is 1.75. The maximum absolute atomic E-state index is 5.00. The summed E-state index contributed by atoms with van der Waals surface area (Å²) in [5.41, 5.74) is 0. The fourth-order valence-electron chi connectivity index (χ4n) is 2.02. The minimum atomic E-state index is 0.682. The number of ether oxygens (including phenoxy) is 1. The lowest BCUT2D eigenvalue weighted by Crippen LogP contribution is -2.46. The summed E-state index contributed by atoms with van der Waals surface area (Å²) in [6.07, 6.45) is 5.14. The Kier molecular flexibility index (Phi) is 6.15. The van der Waals surface area contributed by atoms with Gasteiger partial charge >= 0.3 is 0 Å². The molecule has 1 rings (SSSR count). The zero-order valence-electron chi connectivity index (χ0n) is 9.51. The van der Waals surface area contributed by atoms with Gasteiger partial charge in [-0.1, -0.05) is 6.42 Å². The SMILES string of the molecule is COCCCNCC1CCCC(C)N1. The Morgan fingerprint density at radius 1 is 1.43 bits per heavy atom. The van der Waals surface area contributed by atoms with Crippen LogP contribution in [0.3, 0.4) is 0 Å². The lowest BCUT2D eigenvalue weighted by atomic mass is 10.00. The van der Waals surface area contributed by atoms with E-state index in [1.54, 1.807) is 7.11 Å². The molecule has 0 aromatic carbocycles. The normalized spacial score (nSPS) is 27.9. The molecule has 0 amide bonds. The smallest absolute Gasteiger partial charge is 0.0474 e. The molecule has 2 atom stereocenters. The lowest BCUT2D eigenvalue weighted by molar-refractivity contribution is 0.193. The van der Waals surface area contributed by atoms with Crippen LogP contribution in [0, 0.1) is 0 Å². The minimum absolute atomic E-state index is 0.682. The van der Waals surface area contributed by atoms with Crippen LogP contribution in [-0.2, 0) is 4.74 Å². The van der Waals surface area contributed by atoms with Gasteiger partial charge in [0, 0.05) is 32.3 Å². The van der Waals surface area contributed by atoms with Gasteiger partial charge in [0.15, 0.2) is 0 Å². The third-order valence-electron chi connectivity index (χ3n) is 2.80. The molecule has 1 aliphatic rings. The van der Waals surface area contributed by atoms with Crippen molar-refractivity contribution in [3.63, 3.8) is 0 Å². The first kappa shape index (κ1) is 12.0. The number of hydrogen-bond acceptors (Lipinski definition) is 3. The molecular weight excluding hydrogens is 176 g/mol. The Balaban J connectivity index is 1.95. The number of piperidine rings is 1. The van der Waals surface area contributed by atoms with E-state index in [2.05, 4.69) is 17.6 Å². The van der Waals surface area contributed by atoms with Crippen molar-refractivity contribution in [1.82, 2.24) is 10.6 Å². The number of rotatable bonds is 6. The van der Waals surface area contributed by atoms with Crippen molar-refractivity contribution >= 4 is 0 Å². The van der Waals surface area contributed by atoms with Crippen LogP contribution in [0.15, 0.2) is 0 Å². The molecule has 3 heteroatoms. The molecule has 14 heavy (non-hydrogen) atoms. The fourth-order valence-corrected chi connectivity index (χ4v) is 2.02. The summed E-state index contributed by atoms with van der Waals surface area (Å²) in [6.45, 7) is 5.31. The van der Waals surface area contributed by atoms with Crippen molar-refractivity contribution in [2.24, 2.45) is 0 Å². The van der Waals surface area contributed by atoms with Crippen molar-refractivity contribution in [1.29, 1.82) is 0 Å². The van der Waals surface area contributed by atoms with Gasteiger partial charge < -0.3 is 15.4 Å². The molecule has 0 bridgehead atoms. The topological polar surface area (TPSA) is 33.3 Å². The van der Waals surface area contributed by atoms with Crippen molar-refractivity contribution in [2.75, 3.05) is 26.8 Å². The molecule has 0 aromatic heterocycles. The van der Waals surface area contributed by atoms with E-state index in [-0.39, 0.29) is 0 Å². The van der Waals surface area contributed by atoms with Crippen LogP contribution < -0.4 is 10.6 Å². The Hall–Kier alpha value is -0.120. The molecule has 0 aromatic rings. The first-order chi connectivity index (χ1) is 6.83. The maximum atomic E-state index is 5.00. The molecule has 1 fully saturated rings. The van der Waals surface area contributed by atoms with Crippen molar-refractivity contribution in [2.45, 2.75) is 44.7 Å². The van der Waals surface area contributed by atoms with Gasteiger partial charge in [-0.25, -0.2) is 0 Å². The second kappa shape index (κ2) is 7.21. The third-order valence-corrected chi connectivity index (χ3v) is 2.80. The Bertz CT molecular complexity index is 141. The number of nitrogens with one attached hydrogen (secondary N) is 2. The molecule has 0 saturated carbocycles. The maximum Gasteiger partial charge on any atom is 0.0474 e. The van der Waals surface area contributed by atoms with Crippen molar-refractivity contribution in [3.05, 3.63) is 0 Å². The minimum Gasteiger partial charge on any atom is -0.385 e. The van der Waals surface area contributed by atoms with Crippen LogP contribution in [-0.4, -0.2) is 38.9 Å². The molecule has 1 heterocycles. The Morgan fingerprint density at radius 3 is 3.00 bits per heavy atom. The van der Waals surface area contributed by atoms with Crippen LogP contribution in [0.5, 0.6) is 0 Å². The van der Waals surface area contributed by atoms with Gasteiger partial charge in [0.1, 0.15) is 0 Å². The molecule has 0 aliphatic carbocycles. The van der Waals surface area contributed by atoms with E-state index in [0.717, 1.165) is 26.1 Å². The molecule has 0 radical (unpaired) electrons. The zero-order valence-corrected chi connectivity index (χ0v) is 9.51. The predicted octanol–water partition coefficient (Wildman–Crippen LogP) is 1.14. The summed E-state index contributed by atoms with van der Waals surface area (Å²) in [5.74, 6) is 0. The van der Waals surface area contributed by atoms with Crippen molar-refractivity contribution < 1.29 is 4.74 Å². The van der Waals surface area contributed by atoms with Crippen LogP contribution in [0.1, 0.15) is 32.6 Å². The first-order valence-corrected chi connectivity index (χ1v) is 5.78. The van der Waals surface area contributed by atoms with Gasteiger partial charge in [-0.05, 0) is 32.7 Å². The summed E-state index contributed by atoms with van der Waals surface area (Å²) >= 11 is 0. The summed E-state index contributed by atoms with van der Waals surface area (Å²) in [6, 6.07) is 1.39.